The maximum absolute atomic E-state index is 13.6. The molecule has 0 aliphatic carbocycles. The molecule has 138 valence electrons. The maximum atomic E-state index is 13.6. The summed E-state index contributed by atoms with van der Waals surface area (Å²) in [6.07, 6.45) is 5.98. The summed E-state index contributed by atoms with van der Waals surface area (Å²) in [6, 6.07) is 16.5. The standard InChI is InChI=1S/C23H18FN3O/c24-17-4-1-3-15(11-17)13-27-14-19-18(16-7-9-25-10-8-16)12-22(28)26-20-5-2-6-21(27)23(19)20/h1-11,14,18H,12-13H2,(H,26,28). The summed E-state index contributed by atoms with van der Waals surface area (Å²) >= 11 is 0. The second-order valence-electron chi connectivity index (χ2n) is 7.13. The van der Waals surface area contributed by atoms with Crippen LogP contribution in [0, 0.1) is 5.82 Å². The zero-order valence-electron chi connectivity index (χ0n) is 15.1. The van der Waals surface area contributed by atoms with Crippen molar-refractivity contribution in [2.24, 2.45) is 0 Å². The van der Waals surface area contributed by atoms with Crippen LogP contribution >= 0.6 is 0 Å². The first-order valence-electron chi connectivity index (χ1n) is 9.25. The molecule has 1 N–H and O–H groups in total. The van der Waals surface area contributed by atoms with Gasteiger partial charge < -0.3 is 9.88 Å². The second-order valence-corrected chi connectivity index (χ2v) is 7.13. The molecule has 0 spiro atoms. The van der Waals surface area contributed by atoms with Gasteiger partial charge in [0, 0.05) is 42.9 Å². The van der Waals surface area contributed by atoms with Gasteiger partial charge in [-0.15, -0.1) is 0 Å². The van der Waals surface area contributed by atoms with E-state index in [4.69, 9.17) is 0 Å². The lowest BCUT2D eigenvalue weighted by molar-refractivity contribution is -0.116. The minimum atomic E-state index is -0.238. The molecule has 5 rings (SSSR count). The molecular weight excluding hydrogens is 353 g/mol. The van der Waals surface area contributed by atoms with Gasteiger partial charge >= 0.3 is 0 Å². The van der Waals surface area contributed by atoms with Gasteiger partial charge in [-0.05, 0) is 53.1 Å². The lowest BCUT2D eigenvalue weighted by Gasteiger charge is -2.14. The normalized spacial score (nSPS) is 16.0. The number of nitrogens with one attached hydrogen (secondary N) is 1. The minimum Gasteiger partial charge on any atom is -0.343 e. The zero-order valence-corrected chi connectivity index (χ0v) is 15.1. The van der Waals surface area contributed by atoms with Crippen LogP contribution in [0.15, 0.2) is 73.2 Å². The first kappa shape index (κ1) is 16.7. The molecule has 4 nitrogen and oxygen atoms in total. The van der Waals surface area contributed by atoms with Crippen molar-refractivity contribution in [3.05, 3.63) is 95.7 Å². The average Bonchev–Trinajstić information content (AvgIpc) is 2.98. The van der Waals surface area contributed by atoms with Crippen LogP contribution in [-0.2, 0) is 11.3 Å². The van der Waals surface area contributed by atoms with Gasteiger partial charge in [-0.1, -0.05) is 18.2 Å². The fraction of sp³-hybridized carbons (Fsp3) is 0.130. The predicted octanol–water partition coefficient (Wildman–Crippen LogP) is 4.70. The average molecular weight is 371 g/mol. The van der Waals surface area contributed by atoms with E-state index in [2.05, 4.69) is 21.1 Å². The van der Waals surface area contributed by atoms with E-state index in [9.17, 15) is 9.18 Å². The Balaban J connectivity index is 1.69. The van der Waals surface area contributed by atoms with Gasteiger partial charge in [0.05, 0.1) is 11.2 Å². The number of carbonyl (C=O) groups is 1. The van der Waals surface area contributed by atoms with Crippen molar-refractivity contribution >= 4 is 22.5 Å². The van der Waals surface area contributed by atoms with E-state index in [1.165, 1.54) is 6.07 Å². The highest BCUT2D eigenvalue weighted by Crippen LogP contribution is 2.40. The predicted molar refractivity (Wildman–Crippen MR) is 107 cm³/mol. The number of rotatable bonds is 3. The number of nitrogens with zero attached hydrogens (tertiary/aromatic N) is 2. The summed E-state index contributed by atoms with van der Waals surface area (Å²) in [5.41, 5.74) is 4.92. The van der Waals surface area contributed by atoms with Crippen LogP contribution in [-0.4, -0.2) is 15.5 Å². The fourth-order valence-electron chi connectivity index (χ4n) is 4.11. The van der Waals surface area contributed by atoms with Crippen LogP contribution in [0.2, 0.25) is 0 Å². The van der Waals surface area contributed by atoms with E-state index in [1.54, 1.807) is 24.5 Å². The van der Waals surface area contributed by atoms with Gasteiger partial charge in [-0.3, -0.25) is 9.78 Å². The van der Waals surface area contributed by atoms with Crippen LogP contribution in [0.1, 0.15) is 29.0 Å². The second kappa shape index (κ2) is 6.60. The summed E-state index contributed by atoms with van der Waals surface area (Å²) in [5, 5.41) is 4.09. The third-order valence-corrected chi connectivity index (χ3v) is 5.32. The largest absolute Gasteiger partial charge is 0.343 e. The number of anilines is 1. The third-order valence-electron chi connectivity index (χ3n) is 5.32. The van der Waals surface area contributed by atoms with Crippen LogP contribution in [0.5, 0.6) is 0 Å². The monoisotopic (exact) mass is 371 g/mol. The lowest BCUT2D eigenvalue weighted by atomic mass is 9.89. The Morgan fingerprint density at radius 1 is 1.11 bits per heavy atom. The summed E-state index contributed by atoms with van der Waals surface area (Å²) in [7, 11) is 0. The minimum absolute atomic E-state index is 0.00203. The Morgan fingerprint density at radius 3 is 2.75 bits per heavy atom. The van der Waals surface area contributed by atoms with E-state index in [1.807, 2.05) is 36.4 Å². The van der Waals surface area contributed by atoms with Crippen molar-refractivity contribution < 1.29 is 9.18 Å². The SMILES string of the molecule is O=C1CC(c2ccncc2)c2cn(Cc3cccc(F)c3)c3cccc(c23)N1. The molecule has 28 heavy (non-hydrogen) atoms. The van der Waals surface area contributed by atoms with Gasteiger partial charge in [0.15, 0.2) is 0 Å². The molecule has 4 aromatic rings. The summed E-state index contributed by atoms with van der Waals surface area (Å²) < 4.78 is 15.8. The molecule has 1 unspecified atom stereocenters. The van der Waals surface area contributed by atoms with Crippen LogP contribution in [0.3, 0.4) is 0 Å². The molecule has 0 saturated carbocycles. The number of hydrogen-bond acceptors (Lipinski definition) is 2. The van der Waals surface area contributed by atoms with E-state index in [-0.39, 0.29) is 17.6 Å². The quantitative estimate of drug-likeness (QED) is 0.567. The summed E-state index contributed by atoms with van der Waals surface area (Å²) in [6.45, 7) is 0.564. The Bertz CT molecular complexity index is 1180. The van der Waals surface area contributed by atoms with Gasteiger partial charge in [0.2, 0.25) is 5.91 Å². The molecule has 1 aliphatic rings. The molecule has 0 fully saturated rings. The highest BCUT2D eigenvalue weighted by atomic mass is 19.1. The molecule has 1 aliphatic heterocycles. The van der Waals surface area contributed by atoms with Gasteiger partial charge in [-0.25, -0.2) is 4.39 Å². The molecule has 0 radical (unpaired) electrons. The van der Waals surface area contributed by atoms with Crippen molar-refractivity contribution in [3.63, 3.8) is 0 Å². The Kier molecular flexibility index (Phi) is 3.93. The Morgan fingerprint density at radius 2 is 1.93 bits per heavy atom. The Hall–Kier alpha value is -3.47. The van der Waals surface area contributed by atoms with Gasteiger partial charge in [0.25, 0.3) is 0 Å². The van der Waals surface area contributed by atoms with E-state index >= 15 is 0 Å². The van der Waals surface area contributed by atoms with Crippen molar-refractivity contribution in [1.82, 2.24) is 9.55 Å². The van der Waals surface area contributed by atoms with E-state index < -0.39 is 0 Å². The number of aromatic nitrogens is 2. The molecule has 0 bridgehead atoms. The number of halogens is 1. The van der Waals surface area contributed by atoms with Crippen LogP contribution in [0.4, 0.5) is 10.1 Å². The topological polar surface area (TPSA) is 46.9 Å². The summed E-state index contributed by atoms with van der Waals surface area (Å²) in [5.74, 6) is -0.289. The molecule has 2 aromatic heterocycles. The van der Waals surface area contributed by atoms with E-state index in [0.717, 1.165) is 33.3 Å². The van der Waals surface area contributed by atoms with Crippen molar-refractivity contribution in [2.45, 2.75) is 18.9 Å². The third kappa shape index (κ3) is 2.85. The van der Waals surface area contributed by atoms with Crippen molar-refractivity contribution in [3.8, 4) is 0 Å². The molecule has 1 amide bonds. The van der Waals surface area contributed by atoms with Crippen molar-refractivity contribution in [2.75, 3.05) is 5.32 Å². The molecule has 2 aromatic carbocycles. The van der Waals surface area contributed by atoms with Crippen molar-refractivity contribution in [1.29, 1.82) is 0 Å². The Labute approximate surface area is 161 Å². The molecule has 1 atom stereocenters. The van der Waals surface area contributed by atoms with Crippen LogP contribution in [0.25, 0.3) is 10.9 Å². The number of amides is 1. The molecule has 5 heteroatoms. The first-order valence-corrected chi connectivity index (χ1v) is 9.25. The van der Waals surface area contributed by atoms with Gasteiger partial charge in [-0.2, -0.15) is 0 Å². The zero-order chi connectivity index (χ0) is 19.1. The van der Waals surface area contributed by atoms with E-state index in [0.29, 0.717) is 13.0 Å². The highest BCUT2D eigenvalue weighted by Gasteiger charge is 2.27. The molecule has 3 heterocycles. The number of pyridine rings is 1. The maximum Gasteiger partial charge on any atom is 0.225 e. The first-order chi connectivity index (χ1) is 13.7. The van der Waals surface area contributed by atoms with Crippen LogP contribution < -0.4 is 5.32 Å². The van der Waals surface area contributed by atoms with Gasteiger partial charge in [0.1, 0.15) is 5.82 Å². The lowest BCUT2D eigenvalue weighted by Crippen LogP contribution is -2.14. The number of carbonyl (C=O) groups excluding carboxylic acids is 1. The number of benzene rings is 2. The smallest absolute Gasteiger partial charge is 0.225 e. The number of hydrogen-bond donors (Lipinski definition) is 1. The molecule has 0 saturated heterocycles. The summed E-state index contributed by atoms with van der Waals surface area (Å²) in [4.78, 5) is 16.6. The molecular formula is C23H18FN3O. The highest BCUT2D eigenvalue weighted by molar-refractivity contribution is 6.06. The fourth-order valence-corrected chi connectivity index (χ4v) is 4.11.